The number of hydrogen-bond acceptors (Lipinski definition) is 5. The lowest BCUT2D eigenvalue weighted by atomic mass is 10.0. The largest absolute Gasteiger partial charge is 0.469 e. The molecule has 1 aromatic carbocycles. The van der Waals surface area contributed by atoms with E-state index in [1.807, 2.05) is 0 Å². The van der Waals surface area contributed by atoms with Crippen LogP contribution >= 0.6 is 0 Å². The highest BCUT2D eigenvalue weighted by atomic mass is 16.5. The highest BCUT2D eigenvalue weighted by Gasteiger charge is 2.21. The third-order valence-electron chi connectivity index (χ3n) is 2.71. The van der Waals surface area contributed by atoms with Crippen molar-refractivity contribution in [1.82, 2.24) is 5.32 Å². The first kappa shape index (κ1) is 15.1. The number of carbonyl (C=O) groups is 2. The van der Waals surface area contributed by atoms with E-state index in [4.69, 9.17) is 0 Å². The highest BCUT2D eigenvalue weighted by molar-refractivity contribution is 5.93. The van der Waals surface area contributed by atoms with Gasteiger partial charge in [0, 0.05) is 12.6 Å². The van der Waals surface area contributed by atoms with Crippen molar-refractivity contribution in [2.45, 2.75) is 18.6 Å². The van der Waals surface area contributed by atoms with Crippen LogP contribution in [-0.4, -0.2) is 42.4 Å². The van der Waals surface area contributed by atoms with Crippen LogP contribution in [0, 0.1) is 0 Å². The molecule has 1 aromatic rings. The summed E-state index contributed by atoms with van der Waals surface area (Å²) in [6.07, 6.45) is -2.76. The molecule has 0 aliphatic rings. The Morgan fingerprint density at radius 3 is 2.32 bits per heavy atom. The van der Waals surface area contributed by atoms with Gasteiger partial charge in [0.25, 0.3) is 5.91 Å². The predicted octanol–water partition coefficient (Wildman–Crippen LogP) is 0.00360. The number of nitrogens with one attached hydrogen (secondary N) is 1. The van der Waals surface area contributed by atoms with Gasteiger partial charge in [0.1, 0.15) is 6.10 Å². The van der Waals surface area contributed by atoms with Crippen LogP contribution in [0.2, 0.25) is 0 Å². The number of carbonyl (C=O) groups excluding carboxylic acids is 2. The Labute approximate surface area is 111 Å². The topological polar surface area (TPSA) is 95.9 Å². The molecule has 1 amide bonds. The van der Waals surface area contributed by atoms with E-state index in [9.17, 15) is 19.8 Å². The third kappa shape index (κ3) is 4.04. The summed E-state index contributed by atoms with van der Waals surface area (Å²) in [6, 6.07) is 6.11. The molecule has 19 heavy (non-hydrogen) atoms. The summed E-state index contributed by atoms with van der Waals surface area (Å²) in [4.78, 5) is 22.3. The second kappa shape index (κ2) is 6.86. The van der Waals surface area contributed by atoms with E-state index in [1.54, 1.807) is 0 Å². The number of esters is 1. The Morgan fingerprint density at radius 1 is 1.26 bits per heavy atom. The molecule has 2 atom stereocenters. The number of benzene rings is 1. The van der Waals surface area contributed by atoms with Gasteiger partial charge in [-0.25, -0.2) is 0 Å². The Morgan fingerprint density at radius 2 is 1.84 bits per heavy atom. The van der Waals surface area contributed by atoms with Crippen molar-refractivity contribution in [3.63, 3.8) is 0 Å². The first-order valence-corrected chi connectivity index (χ1v) is 5.74. The quantitative estimate of drug-likeness (QED) is 0.653. The molecular weight excluding hydrogens is 250 g/mol. The van der Waals surface area contributed by atoms with Crippen LogP contribution in [0.1, 0.15) is 28.4 Å². The fourth-order valence-electron chi connectivity index (χ4n) is 1.56. The average molecular weight is 267 g/mol. The van der Waals surface area contributed by atoms with Crippen LogP contribution < -0.4 is 5.32 Å². The third-order valence-corrected chi connectivity index (χ3v) is 2.71. The van der Waals surface area contributed by atoms with Crippen LogP contribution in [0.15, 0.2) is 24.3 Å². The molecule has 0 bridgehead atoms. The predicted molar refractivity (Wildman–Crippen MR) is 67.4 cm³/mol. The van der Waals surface area contributed by atoms with Crippen LogP contribution in [0.3, 0.4) is 0 Å². The van der Waals surface area contributed by atoms with Gasteiger partial charge in [0.05, 0.1) is 19.6 Å². The number of rotatable bonds is 5. The second-order valence-electron chi connectivity index (χ2n) is 3.99. The lowest BCUT2D eigenvalue weighted by Crippen LogP contribution is -2.23. The molecule has 0 aliphatic carbocycles. The van der Waals surface area contributed by atoms with Crippen molar-refractivity contribution in [3.05, 3.63) is 35.4 Å². The smallest absolute Gasteiger partial charge is 0.308 e. The van der Waals surface area contributed by atoms with E-state index in [0.717, 1.165) is 0 Å². The van der Waals surface area contributed by atoms with Gasteiger partial charge in [-0.15, -0.1) is 0 Å². The molecule has 0 heterocycles. The normalized spacial score (nSPS) is 13.5. The molecule has 6 heteroatoms. The van der Waals surface area contributed by atoms with Crippen molar-refractivity contribution >= 4 is 11.9 Å². The van der Waals surface area contributed by atoms with Gasteiger partial charge in [-0.1, -0.05) is 12.1 Å². The first-order chi connectivity index (χ1) is 8.99. The van der Waals surface area contributed by atoms with Crippen molar-refractivity contribution in [2.24, 2.45) is 0 Å². The molecule has 0 saturated heterocycles. The number of hydrogen-bond donors (Lipinski definition) is 3. The van der Waals surface area contributed by atoms with Gasteiger partial charge in [-0.2, -0.15) is 0 Å². The Bertz CT molecular complexity index is 443. The van der Waals surface area contributed by atoms with Crippen molar-refractivity contribution in [2.75, 3.05) is 14.2 Å². The summed E-state index contributed by atoms with van der Waals surface area (Å²) in [5, 5.41) is 22.0. The standard InChI is InChI=1S/C13H17NO5/c1-14-13(18)9-5-3-8(4-6-9)12(17)10(15)7-11(16)19-2/h3-6,10,12,15,17H,7H2,1-2H3,(H,14,18). The van der Waals surface area contributed by atoms with Crippen molar-refractivity contribution < 1.29 is 24.5 Å². The van der Waals surface area contributed by atoms with Crippen molar-refractivity contribution in [3.8, 4) is 0 Å². The first-order valence-electron chi connectivity index (χ1n) is 5.74. The summed E-state index contributed by atoms with van der Waals surface area (Å²) in [7, 11) is 2.73. The van der Waals surface area contributed by atoms with Crippen LogP contribution in [0.25, 0.3) is 0 Å². The zero-order valence-corrected chi connectivity index (χ0v) is 10.8. The maximum atomic E-state index is 11.3. The highest BCUT2D eigenvalue weighted by Crippen LogP contribution is 2.19. The summed E-state index contributed by atoms with van der Waals surface area (Å²) < 4.78 is 4.41. The number of methoxy groups -OCH3 is 1. The summed E-state index contributed by atoms with van der Waals surface area (Å²) in [6.45, 7) is 0. The number of aliphatic hydroxyl groups is 2. The van der Waals surface area contributed by atoms with Gasteiger partial charge >= 0.3 is 5.97 Å². The van der Waals surface area contributed by atoms with Gasteiger partial charge in [-0.05, 0) is 17.7 Å². The molecule has 0 saturated carbocycles. The molecule has 6 nitrogen and oxygen atoms in total. The minimum atomic E-state index is -1.25. The van der Waals surface area contributed by atoms with E-state index < -0.39 is 18.2 Å². The zero-order chi connectivity index (χ0) is 14.4. The van der Waals surface area contributed by atoms with Gasteiger partial charge in [-0.3, -0.25) is 9.59 Å². The van der Waals surface area contributed by atoms with Crippen molar-refractivity contribution in [1.29, 1.82) is 0 Å². The summed E-state index contributed by atoms with van der Waals surface area (Å²) in [5.41, 5.74) is 0.866. The number of amides is 1. The van der Waals surface area contributed by atoms with E-state index in [-0.39, 0.29) is 12.3 Å². The Hall–Kier alpha value is -1.92. The molecular formula is C13H17NO5. The van der Waals surface area contributed by atoms with E-state index in [2.05, 4.69) is 10.1 Å². The Balaban J connectivity index is 2.74. The van der Waals surface area contributed by atoms with Crippen LogP contribution in [-0.2, 0) is 9.53 Å². The maximum Gasteiger partial charge on any atom is 0.308 e. The monoisotopic (exact) mass is 267 g/mol. The van der Waals surface area contributed by atoms with Gasteiger partial charge in [0.15, 0.2) is 0 Å². The number of aliphatic hydroxyl groups excluding tert-OH is 2. The van der Waals surface area contributed by atoms with Gasteiger partial charge < -0.3 is 20.3 Å². The number of ether oxygens (including phenoxy) is 1. The molecule has 0 fully saturated rings. The maximum absolute atomic E-state index is 11.3. The molecule has 0 aromatic heterocycles. The Kier molecular flexibility index (Phi) is 5.47. The fourth-order valence-corrected chi connectivity index (χ4v) is 1.56. The van der Waals surface area contributed by atoms with E-state index in [0.29, 0.717) is 11.1 Å². The average Bonchev–Trinajstić information content (AvgIpc) is 2.45. The molecule has 1 rings (SSSR count). The van der Waals surface area contributed by atoms with Gasteiger partial charge in [0.2, 0.25) is 0 Å². The van der Waals surface area contributed by atoms with Crippen LogP contribution in [0.4, 0.5) is 0 Å². The van der Waals surface area contributed by atoms with E-state index in [1.165, 1.54) is 38.4 Å². The molecule has 0 spiro atoms. The molecule has 0 radical (unpaired) electrons. The molecule has 104 valence electrons. The zero-order valence-electron chi connectivity index (χ0n) is 10.8. The minimum Gasteiger partial charge on any atom is -0.469 e. The molecule has 3 N–H and O–H groups in total. The SMILES string of the molecule is CNC(=O)c1ccc(C(O)C(O)CC(=O)OC)cc1. The molecule has 0 aliphatic heterocycles. The lowest BCUT2D eigenvalue weighted by molar-refractivity contribution is -0.144. The molecule has 2 unspecified atom stereocenters. The summed E-state index contributed by atoms with van der Waals surface area (Å²) in [5.74, 6) is -0.843. The fraction of sp³-hybridized carbons (Fsp3) is 0.385. The minimum absolute atomic E-state index is 0.240. The summed E-state index contributed by atoms with van der Waals surface area (Å²) >= 11 is 0. The second-order valence-corrected chi connectivity index (χ2v) is 3.99. The van der Waals surface area contributed by atoms with Crippen LogP contribution in [0.5, 0.6) is 0 Å². The van der Waals surface area contributed by atoms with E-state index >= 15 is 0 Å². The lowest BCUT2D eigenvalue weighted by Gasteiger charge is -2.17.